The molecule has 8 nitrogen and oxygen atoms in total. The number of alkyl halides is 1. The molecular formula is C23H24BrN5O3. The predicted molar refractivity (Wildman–Crippen MR) is 125 cm³/mol. The molecule has 0 bridgehead atoms. The molecule has 1 aliphatic carbocycles. The van der Waals surface area contributed by atoms with Crippen molar-refractivity contribution < 1.29 is 14.6 Å². The summed E-state index contributed by atoms with van der Waals surface area (Å²) in [5, 5.41) is 22.8. The first kappa shape index (κ1) is 21.1. The number of aliphatic imine (C=N–C) groups is 1. The number of hydrazine groups is 1. The molecule has 2 aliphatic heterocycles. The third kappa shape index (κ3) is 3.69. The molecule has 1 saturated carbocycles. The van der Waals surface area contributed by atoms with Crippen LogP contribution in [0.3, 0.4) is 0 Å². The first-order valence-corrected chi connectivity index (χ1v) is 11.6. The van der Waals surface area contributed by atoms with Crippen molar-refractivity contribution in [2.24, 2.45) is 10.9 Å². The average molecular weight is 498 g/mol. The highest BCUT2D eigenvalue weighted by atomic mass is 79.9. The van der Waals surface area contributed by atoms with Crippen LogP contribution in [0.4, 0.5) is 0 Å². The van der Waals surface area contributed by atoms with E-state index in [-0.39, 0.29) is 12.0 Å². The van der Waals surface area contributed by atoms with E-state index < -0.39 is 10.8 Å². The lowest BCUT2D eigenvalue weighted by atomic mass is 9.87. The summed E-state index contributed by atoms with van der Waals surface area (Å²) in [6.45, 7) is 0.609. The number of carbonyl (C=O) groups is 1. The van der Waals surface area contributed by atoms with Gasteiger partial charge in [-0.15, -0.1) is 0 Å². The monoisotopic (exact) mass is 497 g/mol. The Bertz CT molecular complexity index is 1160. The molecule has 5 rings (SSSR count). The van der Waals surface area contributed by atoms with E-state index in [2.05, 4.69) is 27.0 Å². The van der Waals surface area contributed by atoms with Gasteiger partial charge in [-0.2, -0.15) is 4.99 Å². The molecule has 0 spiro atoms. The van der Waals surface area contributed by atoms with Gasteiger partial charge in [0.2, 0.25) is 5.90 Å². The summed E-state index contributed by atoms with van der Waals surface area (Å²) in [7, 11) is 1.93. The lowest BCUT2D eigenvalue weighted by molar-refractivity contribution is -0.143. The molecule has 3 aliphatic rings. The van der Waals surface area contributed by atoms with E-state index in [0.717, 1.165) is 22.0 Å². The van der Waals surface area contributed by atoms with Crippen LogP contribution in [0.2, 0.25) is 0 Å². The number of likely N-dealkylation sites (N-methyl/N-ethyl adjacent to an activating group) is 1. The Morgan fingerprint density at radius 2 is 2.00 bits per heavy atom. The van der Waals surface area contributed by atoms with Crippen molar-refractivity contribution in [1.82, 2.24) is 15.0 Å². The number of hydrogen-bond acceptors (Lipinski definition) is 6. The Morgan fingerprint density at radius 3 is 2.75 bits per heavy atom. The van der Waals surface area contributed by atoms with Gasteiger partial charge in [0.15, 0.2) is 5.82 Å². The molecule has 0 amide bonds. The van der Waals surface area contributed by atoms with Gasteiger partial charge < -0.3 is 9.84 Å². The number of rotatable bonds is 3. The van der Waals surface area contributed by atoms with Gasteiger partial charge in [0.05, 0.1) is 11.4 Å². The second-order valence-corrected chi connectivity index (χ2v) is 9.39. The number of hydrogen-bond donors (Lipinski definition) is 2. The zero-order chi connectivity index (χ0) is 22.4. The average Bonchev–Trinajstić information content (AvgIpc) is 3.13. The first-order valence-electron chi connectivity index (χ1n) is 10.7. The lowest BCUT2D eigenvalue weighted by Crippen LogP contribution is -2.49. The molecule has 1 fully saturated rings. The Hall–Kier alpha value is -2.78. The van der Waals surface area contributed by atoms with E-state index in [9.17, 15) is 9.90 Å². The second-order valence-electron chi connectivity index (χ2n) is 8.47. The van der Waals surface area contributed by atoms with E-state index in [0.29, 0.717) is 49.8 Å². The van der Waals surface area contributed by atoms with Crippen molar-refractivity contribution >= 4 is 50.1 Å². The number of para-hydroxylation sites is 1. The number of aliphatic carboxylic acids is 1. The van der Waals surface area contributed by atoms with Crippen molar-refractivity contribution in [2.45, 2.75) is 36.6 Å². The summed E-state index contributed by atoms with van der Waals surface area (Å²) in [4.78, 5) is 20.2. The fraction of sp³-hybridized carbons (Fsp3) is 0.391. The van der Waals surface area contributed by atoms with Gasteiger partial charge in [0.1, 0.15) is 16.8 Å². The van der Waals surface area contributed by atoms with Crippen LogP contribution in [-0.2, 0) is 9.53 Å². The summed E-state index contributed by atoms with van der Waals surface area (Å²) in [5.41, 5.74) is 2.90. The van der Waals surface area contributed by atoms with Gasteiger partial charge in [-0.25, -0.2) is 10.0 Å². The normalized spacial score (nSPS) is 26.3. The van der Waals surface area contributed by atoms with Gasteiger partial charge >= 0.3 is 5.97 Å². The summed E-state index contributed by atoms with van der Waals surface area (Å²) in [6, 6.07) is 10.1. The van der Waals surface area contributed by atoms with E-state index in [4.69, 9.17) is 15.1 Å². The van der Waals surface area contributed by atoms with Crippen molar-refractivity contribution in [3.63, 3.8) is 0 Å². The number of halogens is 1. The molecule has 2 N–H and O–H groups in total. The predicted octanol–water partition coefficient (Wildman–Crippen LogP) is 3.88. The van der Waals surface area contributed by atoms with Crippen molar-refractivity contribution in [2.75, 3.05) is 13.6 Å². The molecule has 1 unspecified atom stereocenters. The van der Waals surface area contributed by atoms with Gasteiger partial charge in [-0.3, -0.25) is 15.2 Å². The maximum Gasteiger partial charge on any atom is 0.306 e. The lowest BCUT2D eigenvalue weighted by Gasteiger charge is -2.35. The summed E-state index contributed by atoms with van der Waals surface area (Å²) in [6.07, 6.45) is 4.32. The van der Waals surface area contributed by atoms with Crippen LogP contribution in [0.15, 0.2) is 47.3 Å². The number of fused-ring (bicyclic) bond motifs is 2. The van der Waals surface area contributed by atoms with E-state index in [1.54, 1.807) is 5.01 Å². The minimum absolute atomic E-state index is 0.0886. The molecule has 166 valence electrons. The molecule has 2 aromatic rings. The summed E-state index contributed by atoms with van der Waals surface area (Å²) in [5.74, 6) is 0.452. The molecule has 1 aromatic carbocycles. The van der Waals surface area contributed by atoms with Crippen molar-refractivity contribution in [3.8, 4) is 0 Å². The number of benzene rings is 1. The minimum Gasteiger partial charge on any atom is -0.481 e. The number of aromatic nitrogens is 1. The van der Waals surface area contributed by atoms with Crippen LogP contribution < -0.4 is 0 Å². The highest BCUT2D eigenvalue weighted by Crippen LogP contribution is 2.37. The summed E-state index contributed by atoms with van der Waals surface area (Å²) >= 11 is 3.58. The Morgan fingerprint density at radius 1 is 1.25 bits per heavy atom. The maximum atomic E-state index is 11.2. The maximum absolute atomic E-state index is 11.2. The number of nitrogens with zero attached hydrogens (tertiary/aromatic N) is 4. The Balaban J connectivity index is 1.47. The standard InChI is InChI=1S/C23H24BrN5O3/c1-28-12-17(15-10-14-4-2-3-5-18(14)26-11-15)21-27-22(19(24)20(25)29(21)28)32-16-8-6-13(7-9-16)23(30)31/h2-5,10-11,13,16,19,25H,6-9,12H2,1H3,(H,30,31). The minimum atomic E-state index is -0.734. The van der Waals surface area contributed by atoms with Crippen LogP contribution in [0, 0.1) is 11.3 Å². The highest BCUT2D eigenvalue weighted by molar-refractivity contribution is 9.10. The number of carboxylic acid groups (broad SMARTS) is 1. The Kier molecular flexibility index (Phi) is 5.46. The first-order chi connectivity index (χ1) is 15.4. The van der Waals surface area contributed by atoms with Crippen LogP contribution in [-0.4, -0.2) is 62.3 Å². The highest BCUT2D eigenvalue weighted by Gasteiger charge is 2.41. The number of amidine groups is 1. The third-order valence-electron chi connectivity index (χ3n) is 6.35. The van der Waals surface area contributed by atoms with Crippen LogP contribution in [0.25, 0.3) is 16.5 Å². The zero-order valence-electron chi connectivity index (χ0n) is 17.7. The van der Waals surface area contributed by atoms with Crippen LogP contribution in [0.5, 0.6) is 0 Å². The molecule has 1 atom stereocenters. The van der Waals surface area contributed by atoms with Gasteiger partial charge in [-0.05, 0) is 37.8 Å². The Labute approximate surface area is 194 Å². The SMILES string of the molecule is CN1CC(c2cnc3ccccc3c2)=C2N=C(OC3CCC(C(=O)O)CC3)C(Br)C(=N)N21. The van der Waals surface area contributed by atoms with Crippen molar-refractivity contribution in [1.29, 1.82) is 5.41 Å². The number of carboxylic acids is 1. The number of ether oxygens (including phenoxy) is 1. The topological polar surface area (TPSA) is 102 Å². The van der Waals surface area contributed by atoms with Gasteiger partial charge in [0.25, 0.3) is 0 Å². The third-order valence-corrected chi connectivity index (χ3v) is 7.18. The molecule has 0 saturated heterocycles. The smallest absolute Gasteiger partial charge is 0.306 e. The molecule has 32 heavy (non-hydrogen) atoms. The quantitative estimate of drug-likeness (QED) is 0.623. The molecule has 9 heteroatoms. The molecular weight excluding hydrogens is 474 g/mol. The second kappa shape index (κ2) is 8.29. The molecule has 1 aromatic heterocycles. The van der Waals surface area contributed by atoms with Crippen molar-refractivity contribution in [3.05, 3.63) is 47.9 Å². The molecule has 3 heterocycles. The fourth-order valence-corrected chi connectivity index (χ4v) is 5.00. The zero-order valence-corrected chi connectivity index (χ0v) is 19.2. The van der Waals surface area contributed by atoms with E-state index in [1.165, 1.54) is 0 Å². The van der Waals surface area contributed by atoms with E-state index >= 15 is 0 Å². The van der Waals surface area contributed by atoms with Crippen LogP contribution in [0.1, 0.15) is 31.2 Å². The molecule has 0 radical (unpaired) electrons. The van der Waals surface area contributed by atoms with Gasteiger partial charge in [0, 0.05) is 36.3 Å². The summed E-state index contributed by atoms with van der Waals surface area (Å²) < 4.78 is 6.22. The van der Waals surface area contributed by atoms with Crippen LogP contribution >= 0.6 is 15.9 Å². The largest absolute Gasteiger partial charge is 0.481 e. The number of nitrogens with one attached hydrogen (secondary N) is 1. The van der Waals surface area contributed by atoms with Gasteiger partial charge in [-0.1, -0.05) is 34.1 Å². The van der Waals surface area contributed by atoms with E-state index in [1.807, 2.05) is 42.5 Å². The fourth-order valence-electron chi connectivity index (χ4n) is 4.60. The number of pyridine rings is 1.